The van der Waals surface area contributed by atoms with Gasteiger partial charge in [-0.3, -0.25) is 4.79 Å². The van der Waals surface area contributed by atoms with Gasteiger partial charge in [0, 0.05) is 17.7 Å². The Morgan fingerprint density at radius 3 is 2.40 bits per heavy atom. The number of ether oxygens (including phenoxy) is 2. The van der Waals surface area contributed by atoms with Crippen LogP contribution in [0.2, 0.25) is 0 Å². The number of rotatable bonds is 5. The van der Waals surface area contributed by atoms with E-state index in [1.165, 1.54) is 0 Å². The maximum absolute atomic E-state index is 12.9. The molecule has 1 heterocycles. The molecule has 1 aliphatic rings. The third kappa shape index (κ3) is 3.88. The van der Waals surface area contributed by atoms with Crippen LogP contribution in [-0.2, 0) is 17.8 Å². The smallest absolute Gasteiger partial charge is 0.355 e. The summed E-state index contributed by atoms with van der Waals surface area (Å²) in [6.07, 6.45) is 1.11. The molecule has 30 heavy (non-hydrogen) atoms. The first-order valence-electron chi connectivity index (χ1n) is 10.1. The number of aromatic nitrogens is 1. The zero-order valence-electron chi connectivity index (χ0n) is 17.5. The Labute approximate surface area is 176 Å². The van der Waals surface area contributed by atoms with Crippen molar-refractivity contribution < 1.29 is 19.1 Å². The maximum atomic E-state index is 12.9. The maximum Gasteiger partial charge on any atom is 0.355 e. The number of H-pyrrole nitrogens is 1. The number of hydrogen-bond acceptors (Lipinski definition) is 4. The average molecular weight is 403 g/mol. The lowest BCUT2D eigenvalue weighted by Crippen LogP contribution is -2.18. The summed E-state index contributed by atoms with van der Waals surface area (Å²) in [5.41, 5.74) is 5.67. The van der Waals surface area contributed by atoms with Crippen LogP contribution in [0, 0.1) is 13.8 Å². The Hall–Kier alpha value is -3.34. The van der Waals surface area contributed by atoms with Crippen LogP contribution in [0.1, 0.15) is 61.1 Å². The fourth-order valence-electron chi connectivity index (χ4n) is 4.05. The molecule has 0 spiro atoms. The highest BCUT2D eigenvalue weighted by molar-refractivity contribution is 6.03. The second-order valence-electron chi connectivity index (χ2n) is 7.84. The summed E-state index contributed by atoms with van der Waals surface area (Å²) in [5, 5.41) is 0. The molecule has 2 aromatic carbocycles. The van der Waals surface area contributed by atoms with E-state index < -0.39 is 5.97 Å². The first-order chi connectivity index (χ1) is 14.5. The van der Waals surface area contributed by atoms with Crippen LogP contribution in [0.5, 0.6) is 5.75 Å². The van der Waals surface area contributed by atoms with E-state index in [1.54, 1.807) is 7.11 Å². The van der Waals surface area contributed by atoms with Gasteiger partial charge in [0.25, 0.3) is 0 Å². The summed E-state index contributed by atoms with van der Waals surface area (Å²) in [6.45, 7) is 4.02. The SMILES string of the molecule is COc1ccc(C2CC(=O)c3c([nH]c(C(=O)OCc4ccc(C)cc4)c3C)C2)cc1. The molecule has 5 heteroatoms. The van der Waals surface area contributed by atoms with Crippen molar-refractivity contribution in [3.05, 3.63) is 87.7 Å². The molecule has 154 valence electrons. The summed E-state index contributed by atoms with van der Waals surface area (Å²) in [5.74, 6) is 0.487. The fraction of sp³-hybridized carbons (Fsp3) is 0.280. The van der Waals surface area contributed by atoms with Crippen LogP contribution >= 0.6 is 0 Å². The van der Waals surface area contributed by atoms with Crippen molar-refractivity contribution in [3.8, 4) is 5.75 Å². The monoisotopic (exact) mass is 403 g/mol. The van der Waals surface area contributed by atoms with E-state index in [-0.39, 0.29) is 18.3 Å². The molecule has 0 fully saturated rings. The number of carbonyl (C=O) groups excluding carboxylic acids is 2. The Morgan fingerprint density at radius 2 is 1.73 bits per heavy atom. The van der Waals surface area contributed by atoms with Gasteiger partial charge >= 0.3 is 5.97 Å². The topological polar surface area (TPSA) is 68.4 Å². The molecule has 4 rings (SSSR count). The minimum absolute atomic E-state index is 0.0587. The summed E-state index contributed by atoms with van der Waals surface area (Å²) >= 11 is 0. The number of ketones is 1. The van der Waals surface area contributed by atoms with Gasteiger partial charge < -0.3 is 14.5 Å². The molecule has 0 aliphatic heterocycles. The average Bonchev–Trinajstić information content (AvgIpc) is 3.10. The van der Waals surface area contributed by atoms with Gasteiger partial charge in [0.15, 0.2) is 5.78 Å². The van der Waals surface area contributed by atoms with E-state index >= 15 is 0 Å². The van der Waals surface area contributed by atoms with E-state index in [2.05, 4.69) is 4.98 Å². The van der Waals surface area contributed by atoms with Gasteiger partial charge in [-0.2, -0.15) is 0 Å². The van der Waals surface area contributed by atoms with Gasteiger partial charge in [-0.05, 0) is 55.0 Å². The lowest BCUT2D eigenvalue weighted by atomic mass is 9.81. The molecule has 3 aromatic rings. The van der Waals surface area contributed by atoms with Gasteiger partial charge in [-0.25, -0.2) is 4.79 Å². The molecular weight excluding hydrogens is 378 g/mol. The van der Waals surface area contributed by atoms with Crippen LogP contribution in [0.25, 0.3) is 0 Å². The van der Waals surface area contributed by atoms with Crippen LogP contribution in [0.4, 0.5) is 0 Å². The second kappa shape index (κ2) is 8.19. The highest BCUT2D eigenvalue weighted by atomic mass is 16.5. The molecule has 1 N–H and O–H groups in total. The van der Waals surface area contributed by atoms with Crippen LogP contribution in [-0.4, -0.2) is 23.8 Å². The number of aryl methyl sites for hydroxylation is 1. The minimum atomic E-state index is -0.434. The van der Waals surface area contributed by atoms with Crippen LogP contribution in [0.3, 0.4) is 0 Å². The van der Waals surface area contributed by atoms with Crippen LogP contribution < -0.4 is 4.74 Å². The number of esters is 1. The molecule has 1 atom stereocenters. The van der Waals surface area contributed by atoms with Crippen molar-refractivity contribution in [2.75, 3.05) is 7.11 Å². The molecule has 0 radical (unpaired) electrons. The molecule has 0 amide bonds. The lowest BCUT2D eigenvalue weighted by Gasteiger charge is -2.22. The quantitative estimate of drug-likeness (QED) is 0.615. The summed E-state index contributed by atoms with van der Waals surface area (Å²) in [7, 11) is 1.63. The number of fused-ring (bicyclic) bond motifs is 1. The van der Waals surface area contributed by atoms with Gasteiger partial charge in [-0.15, -0.1) is 0 Å². The summed E-state index contributed by atoms with van der Waals surface area (Å²) in [4.78, 5) is 28.7. The third-order valence-electron chi connectivity index (χ3n) is 5.77. The van der Waals surface area contributed by atoms with Gasteiger partial charge in [-0.1, -0.05) is 42.0 Å². The van der Waals surface area contributed by atoms with Crippen molar-refractivity contribution in [2.24, 2.45) is 0 Å². The first-order valence-corrected chi connectivity index (χ1v) is 10.1. The Kier molecular flexibility index (Phi) is 5.44. The van der Waals surface area contributed by atoms with Crippen molar-refractivity contribution >= 4 is 11.8 Å². The van der Waals surface area contributed by atoms with Gasteiger partial charge in [0.2, 0.25) is 0 Å². The highest BCUT2D eigenvalue weighted by Crippen LogP contribution is 2.35. The number of nitrogens with one attached hydrogen (secondary N) is 1. The van der Waals surface area contributed by atoms with Crippen molar-refractivity contribution in [1.29, 1.82) is 0 Å². The normalized spacial score (nSPS) is 15.6. The minimum Gasteiger partial charge on any atom is -0.497 e. The van der Waals surface area contributed by atoms with Gasteiger partial charge in [0.05, 0.1) is 7.11 Å². The van der Waals surface area contributed by atoms with E-state index in [0.29, 0.717) is 29.7 Å². The number of carbonyl (C=O) groups is 2. The predicted molar refractivity (Wildman–Crippen MR) is 114 cm³/mol. The molecule has 0 saturated carbocycles. The Balaban J connectivity index is 1.52. The Morgan fingerprint density at radius 1 is 1.03 bits per heavy atom. The third-order valence-corrected chi connectivity index (χ3v) is 5.77. The lowest BCUT2D eigenvalue weighted by molar-refractivity contribution is 0.0465. The fourth-order valence-corrected chi connectivity index (χ4v) is 4.05. The van der Waals surface area contributed by atoms with E-state index in [0.717, 1.165) is 28.1 Å². The molecule has 0 bridgehead atoms. The number of hydrogen-bond donors (Lipinski definition) is 1. The van der Waals surface area contributed by atoms with E-state index in [4.69, 9.17) is 9.47 Å². The second-order valence-corrected chi connectivity index (χ2v) is 7.84. The van der Waals surface area contributed by atoms with Crippen molar-refractivity contribution in [2.45, 2.75) is 39.2 Å². The predicted octanol–water partition coefficient (Wildman–Crippen LogP) is 4.91. The van der Waals surface area contributed by atoms with Crippen molar-refractivity contribution in [3.63, 3.8) is 0 Å². The zero-order chi connectivity index (χ0) is 21.3. The number of aromatic amines is 1. The summed E-state index contributed by atoms with van der Waals surface area (Å²) in [6, 6.07) is 15.7. The molecule has 1 unspecified atom stereocenters. The Bertz CT molecular complexity index is 1080. The highest BCUT2D eigenvalue weighted by Gasteiger charge is 2.32. The molecule has 0 saturated heterocycles. The molecule has 5 nitrogen and oxygen atoms in total. The van der Waals surface area contributed by atoms with Crippen LogP contribution in [0.15, 0.2) is 48.5 Å². The standard InChI is InChI=1S/C25H25NO4/c1-15-4-6-17(7-5-15)14-30-25(28)24-16(2)23-21(26-24)12-19(13-22(23)27)18-8-10-20(29-3)11-9-18/h4-11,19,26H,12-14H2,1-3H3. The summed E-state index contributed by atoms with van der Waals surface area (Å²) < 4.78 is 10.7. The molecule has 1 aromatic heterocycles. The first kappa shape index (κ1) is 20.0. The number of benzene rings is 2. The number of Topliss-reactive ketones (excluding diaryl/α,β-unsaturated/α-hetero) is 1. The zero-order valence-corrected chi connectivity index (χ0v) is 17.5. The largest absolute Gasteiger partial charge is 0.497 e. The molecular formula is C25H25NO4. The van der Waals surface area contributed by atoms with Crippen molar-refractivity contribution in [1.82, 2.24) is 4.98 Å². The molecule has 1 aliphatic carbocycles. The van der Waals surface area contributed by atoms with Gasteiger partial charge in [0.1, 0.15) is 18.1 Å². The van der Waals surface area contributed by atoms with E-state index in [9.17, 15) is 9.59 Å². The number of methoxy groups -OCH3 is 1. The van der Waals surface area contributed by atoms with E-state index in [1.807, 2.05) is 62.4 Å².